The van der Waals surface area contributed by atoms with Crippen molar-refractivity contribution in [3.8, 4) is 0 Å². The molecule has 5 heteroatoms. The van der Waals surface area contributed by atoms with E-state index in [0.717, 1.165) is 3.57 Å². The van der Waals surface area contributed by atoms with Gasteiger partial charge in [-0.1, -0.05) is 11.6 Å². The molecular weight excluding hydrogens is 340 g/mol. The molecule has 0 bridgehead atoms. The van der Waals surface area contributed by atoms with Gasteiger partial charge in [0.15, 0.2) is 5.76 Å². The van der Waals surface area contributed by atoms with Crippen LogP contribution in [0.1, 0.15) is 10.6 Å². The summed E-state index contributed by atoms with van der Waals surface area (Å²) in [4.78, 5) is 11.7. The molecule has 0 aliphatic rings. The second-order valence-electron chi connectivity index (χ2n) is 3.06. The third kappa shape index (κ3) is 2.56. The monoisotopic (exact) mass is 347 g/mol. The maximum Gasteiger partial charge on any atom is 0.291 e. The van der Waals surface area contributed by atoms with Crippen molar-refractivity contribution in [3.05, 3.63) is 50.9 Å². The minimum Gasteiger partial charge on any atom is -0.459 e. The standard InChI is InChI=1S/C11H7ClINO2/c12-7-3-4-9(8(13)6-7)14-11(15)10-2-1-5-16-10/h1-6H,(H,14,15). The first-order chi connectivity index (χ1) is 7.66. The summed E-state index contributed by atoms with van der Waals surface area (Å²) in [6, 6.07) is 8.53. The fourth-order valence-corrected chi connectivity index (χ4v) is 2.19. The summed E-state index contributed by atoms with van der Waals surface area (Å²) in [6.07, 6.45) is 1.46. The molecule has 16 heavy (non-hydrogen) atoms. The smallest absolute Gasteiger partial charge is 0.291 e. The van der Waals surface area contributed by atoms with Gasteiger partial charge in [0, 0.05) is 8.59 Å². The molecule has 1 heterocycles. The molecule has 0 radical (unpaired) electrons. The second kappa shape index (κ2) is 4.88. The van der Waals surface area contributed by atoms with Gasteiger partial charge in [-0.25, -0.2) is 0 Å². The van der Waals surface area contributed by atoms with Crippen molar-refractivity contribution in [2.45, 2.75) is 0 Å². The van der Waals surface area contributed by atoms with E-state index in [0.29, 0.717) is 10.7 Å². The van der Waals surface area contributed by atoms with Gasteiger partial charge in [-0.2, -0.15) is 0 Å². The first kappa shape index (κ1) is 11.5. The summed E-state index contributed by atoms with van der Waals surface area (Å²) >= 11 is 7.92. The molecule has 1 N–H and O–H groups in total. The Bertz CT molecular complexity index is 511. The van der Waals surface area contributed by atoms with Crippen LogP contribution in [0.25, 0.3) is 0 Å². The molecule has 0 atom stereocenters. The van der Waals surface area contributed by atoms with Crippen LogP contribution in [0, 0.1) is 3.57 Å². The summed E-state index contributed by atoms with van der Waals surface area (Å²) < 4.78 is 5.87. The van der Waals surface area contributed by atoms with E-state index in [1.54, 1.807) is 30.3 Å². The number of halogens is 2. The zero-order chi connectivity index (χ0) is 11.5. The minimum absolute atomic E-state index is 0.273. The molecule has 0 fully saturated rings. The first-order valence-corrected chi connectivity index (χ1v) is 5.92. The van der Waals surface area contributed by atoms with Gasteiger partial charge in [-0.15, -0.1) is 0 Å². The predicted molar refractivity (Wildman–Crippen MR) is 70.8 cm³/mol. The molecule has 2 aromatic rings. The van der Waals surface area contributed by atoms with Crippen LogP contribution in [0.3, 0.4) is 0 Å². The van der Waals surface area contributed by atoms with Crippen LogP contribution in [0.2, 0.25) is 5.02 Å². The van der Waals surface area contributed by atoms with E-state index >= 15 is 0 Å². The molecule has 1 aromatic heterocycles. The summed E-state index contributed by atoms with van der Waals surface area (Å²) in [5.41, 5.74) is 0.714. The van der Waals surface area contributed by atoms with Crippen LogP contribution in [-0.2, 0) is 0 Å². The van der Waals surface area contributed by atoms with Gasteiger partial charge in [0.1, 0.15) is 0 Å². The minimum atomic E-state index is -0.273. The highest BCUT2D eigenvalue weighted by Crippen LogP contribution is 2.22. The number of carbonyl (C=O) groups excluding carboxylic acids is 1. The Morgan fingerprint density at radius 3 is 2.81 bits per heavy atom. The Morgan fingerprint density at radius 1 is 1.38 bits per heavy atom. The molecule has 0 saturated carbocycles. The maximum atomic E-state index is 11.7. The van der Waals surface area contributed by atoms with E-state index in [2.05, 4.69) is 27.9 Å². The maximum absolute atomic E-state index is 11.7. The van der Waals surface area contributed by atoms with E-state index in [1.165, 1.54) is 6.26 Å². The van der Waals surface area contributed by atoms with Gasteiger partial charge in [0.2, 0.25) is 0 Å². The van der Waals surface area contributed by atoms with Crippen LogP contribution in [0.4, 0.5) is 5.69 Å². The van der Waals surface area contributed by atoms with Gasteiger partial charge < -0.3 is 9.73 Å². The Hall–Kier alpha value is -1.01. The lowest BCUT2D eigenvalue weighted by Crippen LogP contribution is -2.11. The Morgan fingerprint density at radius 2 is 2.19 bits per heavy atom. The van der Waals surface area contributed by atoms with Crippen molar-refractivity contribution < 1.29 is 9.21 Å². The van der Waals surface area contributed by atoms with E-state index in [4.69, 9.17) is 16.0 Å². The van der Waals surface area contributed by atoms with Crippen LogP contribution < -0.4 is 5.32 Å². The van der Waals surface area contributed by atoms with Crippen molar-refractivity contribution in [2.75, 3.05) is 5.32 Å². The van der Waals surface area contributed by atoms with Crippen molar-refractivity contribution >= 4 is 45.8 Å². The molecule has 82 valence electrons. The third-order valence-corrected chi connectivity index (χ3v) is 3.05. The van der Waals surface area contributed by atoms with Gasteiger partial charge in [0.05, 0.1) is 12.0 Å². The summed E-state index contributed by atoms with van der Waals surface area (Å²) in [5.74, 6) is 0.0102. The largest absolute Gasteiger partial charge is 0.459 e. The molecule has 0 unspecified atom stereocenters. The number of hydrogen-bond donors (Lipinski definition) is 1. The first-order valence-electron chi connectivity index (χ1n) is 4.47. The number of hydrogen-bond acceptors (Lipinski definition) is 2. The lowest BCUT2D eigenvalue weighted by Gasteiger charge is -2.05. The molecular formula is C11H7ClINO2. The molecule has 0 spiro atoms. The molecule has 1 amide bonds. The van der Waals surface area contributed by atoms with Crippen LogP contribution in [-0.4, -0.2) is 5.91 Å². The van der Waals surface area contributed by atoms with E-state index in [9.17, 15) is 4.79 Å². The quantitative estimate of drug-likeness (QED) is 0.840. The van der Waals surface area contributed by atoms with Gasteiger partial charge in [-0.3, -0.25) is 4.79 Å². The highest BCUT2D eigenvalue weighted by atomic mass is 127. The van der Waals surface area contributed by atoms with E-state index in [-0.39, 0.29) is 11.7 Å². The highest BCUT2D eigenvalue weighted by Gasteiger charge is 2.10. The fraction of sp³-hybridized carbons (Fsp3) is 0. The second-order valence-corrected chi connectivity index (χ2v) is 4.65. The Labute approximate surface area is 111 Å². The fourth-order valence-electron chi connectivity index (χ4n) is 1.18. The average Bonchev–Trinajstić information content (AvgIpc) is 2.75. The van der Waals surface area contributed by atoms with Crippen molar-refractivity contribution in [1.29, 1.82) is 0 Å². The average molecular weight is 348 g/mol. The van der Waals surface area contributed by atoms with Crippen LogP contribution in [0.5, 0.6) is 0 Å². The summed E-state index contributed by atoms with van der Waals surface area (Å²) in [5, 5.41) is 3.38. The molecule has 1 aromatic carbocycles. The number of benzene rings is 1. The predicted octanol–water partition coefficient (Wildman–Crippen LogP) is 3.79. The molecule has 0 saturated heterocycles. The Kier molecular flexibility index (Phi) is 3.50. The lowest BCUT2D eigenvalue weighted by molar-refractivity contribution is 0.0996. The lowest BCUT2D eigenvalue weighted by atomic mass is 10.3. The van der Waals surface area contributed by atoms with Gasteiger partial charge >= 0.3 is 0 Å². The SMILES string of the molecule is O=C(Nc1ccc(Cl)cc1I)c1ccco1. The number of amides is 1. The van der Waals surface area contributed by atoms with Crippen LogP contribution >= 0.6 is 34.2 Å². The highest BCUT2D eigenvalue weighted by molar-refractivity contribution is 14.1. The summed E-state index contributed by atoms with van der Waals surface area (Å²) in [7, 11) is 0. The molecule has 2 rings (SSSR count). The van der Waals surface area contributed by atoms with Crippen LogP contribution in [0.15, 0.2) is 41.0 Å². The third-order valence-electron chi connectivity index (χ3n) is 1.92. The molecule has 0 aliphatic carbocycles. The number of furan rings is 1. The van der Waals surface area contributed by atoms with E-state index in [1.807, 2.05) is 0 Å². The van der Waals surface area contributed by atoms with Crippen molar-refractivity contribution in [2.24, 2.45) is 0 Å². The molecule has 0 aliphatic heterocycles. The zero-order valence-electron chi connectivity index (χ0n) is 8.04. The number of anilines is 1. The van der Waals surface area contributed by atoms with Gasteiger partial charge in [-0.05, 0) is 52.9 Å². The number of rotatable bonds is 2. The van der Waals surface area contributed by atoms with E-state index < -0.39 is 0 Å². The zero-order valence-corrected chi connectivity index (χ0v) is 10.9. The Balaban J connectivity index is 2.18. The number of nitrogens with one attached hydrogen (secondary N) is 1. The summed E-state index contributed by atoms with van der Waals surface area (Å²) in [6.45, 7) is 0. The molecule has 3 nitrogen and oxygen atoms in total. The topological polar surface area (TPSA) is 42.2 Å². The van der Waals surface area contributed by atoms with Gasteiger partial charge in [0.25, 0.3) is 5.91 Å². The van der Waals surface area contributed by atoms with Crippen molar-refractivity contribution in [3.63, 3.8) is 0 Å². The van der Waals surface area contributed by atoms with Crippen molar-refractivity contribution in [1.82, 2.24) is 0 Å². The normalized spacial score (nSPS) is 10.1. The number of carbonyl (C=O) groups is 1.